The Morgan fingerprint density at radius 1 is 1.21 bits per heavy atom. The summed E-state index contributed by atoms with van der Waals surface area (Å²) in [6.45, 7) is 5.71. The molecule has 2 aromatic rings. The average Bonchev–Trinajstić information content (AvgIpc) is 2.59. The van der Waals surface area contributed by atoms with E-state index >= 15 is 0 Å². The number of hydrogen-bond donors (Lipinski definition) is 1. The van der Waals surface area contributed by atoms with E-state index in [9.17, 15) is 14.4 Å². The predicted molar refractivity (Wildman–Crippen MR) is 90.9 cm³/mol. The maximum absolute atomic E-state index is 13.6. The Morgan fingerprint density at radius 2 is 1.96 bits per heavy atom. The van der Waals surface area contributed by atoms with Crippen molar-refractivity contribution in [2.45, 2.75) is 40.2 Å². The van der Waals surface area contributed by atoms with Gasteiger partial charge in [0.25, 0.3) is 0 Å². The van der Waals surface area contributed by atoms with E-state index in [2.05, 4.69) is 6.92 Å². The van der Waals surface area contributed by atoms with Crippen LogP contribution in [0.1, 0.15) is 37.0 Å². The lowest BCUT2D eigenvalue weighted by atomic mass is 10.1. The van der Waals surface area contributed by atoms with Crippen molar-refractivity contribution >= 4 is 11.6 Å². The molecule has 0 spiro atoms. The highest BCUT2D eigenvalue weighted by atomic mass is 19.1. The van der Waals surface area contributed by atoms with Crippen LogP contribution in [0.25, 0.3) is 0 Å². The molecule has 0 aliphatic rings. The molecule has 0 saturated carbocycles. The number of hydroxylamine groups is 1. The Labute approximate surface area is 141 Å². The van der Waals surface area contributed by atoms with Crippen molar-refractivity contribution in [3.63, 3.8) is 0 Å². The standard InChI is InChI=1S/C19H22FNO3/c1-4-14-6-9-18(13(3)10-14)24-12-15-11-16(20)7-8-17(15)21(23)19(22)5-2/h6-11,23H,4-5,12H2,1-3H3. The van der Waals surface area contributed by atoms with Gasteiger partial charge in [-0.25, -0.2) is 4.39 Å². The van der Waals surface area contributed by atoms with E-state index < -0.39 is 11.7 Å². The normalized spacial score (nSPS) is 10.5. The molecule has 0 aromatic heterocycles. The van der Waals surface area contributed by atoms with Crippen LogP contribution in [0.3, 0.4) is 0 Å². The molecule has 0 unspecified atom stereocenters. The largest absolute Gasteiger partial charge is 0.489 e. The zero-order valence-corrected chi connectivity index (χ0v) is 14.2. The van der Waals surface area contributed by atoms with Crippen LogP contribution in [0.5, 0.6) is 5.75 Å². The summed E-state index contributed by atoms with van der Waals surface area (Å²) >= 11 is 0. The summed E-state index contributed by atoms with van der Waals surface area (Å²) in [6, 6.07) is 9.73. The molecule has 0 heterocycles. The molecule has 0 aliphatic heterocycles. The molecule has 2 rings (SSSR count). The number of ether oxygens (including phenoxy) is 1. The first kappa shape index (κ1) is 17.9. The van der Waals surface area contributed by atoms with Crippen LogP contribution in [0.4, 0.5) is 10.1 Å². The fraction of sp³-hybridized carbons (Fsp3) is 0.316. The van der Waals surface area contributed by atoms with Crippen LogP contribution in [-0.4, -0.2) is 11.1 Å². The van der Waals surface area contributed by atoms with E-state index in [1.165, 1.54) is 23.8 Å². The van der Waals surface area contributed by atoms with Crippen LogP contribution < -0.4 is 9.80 Å². The van der Waals surface area contributed by atoms with E-state index in [0.29, 0.717) is 16.4 Å². The zero-order chi connectivity index (χ0) is 17.7. The number of halogens is 1. The molecule has 1 N–H and O–H groups in total. The first-order valence-corrected chi connectivity index (χ1v) is 7.98. The van der Waals surface area contributed by atoms with E-state index in [1.807, 2.05) is 25.1 Å². The monoisotopic (exact) mass is 331 g/mol. The van der Waals surface area contributed by atoms with Crippen LogP contribution in [0, 0.1) is 12.7 Å². The molecule has 128 valence electrons. The van der Waals surface area contributed by atoms with Gasteiger partial charge in [0.05, 0.1) is 5.69 Å². The highest BCUT2D eigenvalue weighted by Crippen LogP contribution is 2.25. The van der Waals surface area contributed by atoms with Crippen molar-refractivity contribution in [2.75, 3.05) is 5.06 Å². The minimum atomic E-state index is -0.466. The molecule has 0 fully saturated rings. The Bertz CT molecular complexity index is 731. The van der Waals surface area contributed by atoms with Crippen molar-refractivity contribution in [2.24, 2.45) is 0 Å². The number of aryl methyl sites for hydroxylation is 2. The average molecular weight is 331 g/mol. The number of carbonyl (C=O) groups excluding carboxylic acids is 1. The van der Waals surface area contributed by atoms with E-state index in [-0.39, 0.29) is 18.7 Å². The van der Waals surface area contributed by atoms with Gasteiger partial charge in [0.1, 0.15) is 18.2 Å². The molecule has 0 radical (unpaired) electrons. The molecular formula is C19H22FNO3. The van der Waals surface area contributed by atoms with Crippen molar-refractivity contribution < 1.29 is 19.1 Å². The smallest absolute Gasteiger partial charge is 0.250 e. The first-order chi connectivity index (χ1) is 11.5. The highest BCUT2D eigenvalue weighted by molar-refractivity contribution is 5.91. The SMILES string of the molecule is CCC(=O)N(O)c1ccc(F)cc1COc1ccc(CC)cc1C. The van der Waals surface area contributed by atoms with Crippen molar-refractivity contribution in [1.29, 1.82) is 0 Å². The molecule has 0 bridgehead atoms. The second-order valence-electron chi connectivity index (χ2n) is 5.57. The maximum atomic E-state index is 13.6. The summed E-state index contributed by atoms with van der Waals surface area (Å²) in [5, 5.41) is 10.5. The lowest BCUT2D eigenvalue weighted by Gasteiger charge is -2.19. The van der Waals surface area contributed by atoms with Gasteiger partial charge in [0, 0.05) is 12.0 Å². The number of rotatable bonds is 6. The summed E-state index contributed by atoms with van der Waals surface area (Å²) in [7, 11) is 0. The number of carbonyl (C=O) groups is 1. The van der Waals surface area contributed by atoms with Crippen LogP contribution in [0.15, 0.2) is 36.4 Å². The molecule has 0 aliphatic carbocycles. The number of nitrogens with zero attached hydrogens (tertiary/aromatic N) is 1. The number of anilines is 1. The van der Waals surface area contributed by atoms with Crippen molar-refractivity contribution in [3.8, 4) is 5.75 Å². The molecule has 0 saturated heterocycles. The molecule has 24 heavy (non-hydrogen) atoms. The van der Waals surface area contributed by atoms with Crippen molar-refractivity contribution in [1.82, 2.24) is 0 Å². The molecular weight excluding hydrogens is 309 g/mol. The Hall–Kier alpha value is -2.40. The third-order valence-corrected chi connectivity index (χ3v) is 3.84. The van der Waals surface area contributed by atoms with Gasteiger partial charge >= 0.3 is 0 Å². The Kier molecular flexibility index (Phi) is 5.93. The fourth-order valence-electron chi connectivity index (χ4n) is 2.41. The van der Waals surface area contributed by atoms with Crippen LogP contribution in [-0.2, 0) is 17.8 Å². The fourth-order valence-corrected chi connectivity index (χ4v) is 2.41. The van der Waals surface area contributed by atoms with E-state index in [1.54, 1.807) is 6.92 Å². The summed E-state index contributed by atoms with van der Waals surface area (Å²) in [4.78, 5) is 11.7. The molecule has 0 atom stereocenters. The highest BCUT2D eigenvalue weighted by Gasteiger charge is 2.16. The summed E-state index contributed by atoms with van der Waals surface area (Å²) in [5.74, 6) is -0.229. The van der Waals surface area contributed by atoms with Crippen molar-refractivity contribution in [3.05, 3.63) is 58.9 Å². The van der Waals surface area contributed by atoms with Gasteiger partial charge in [-0.3, -0.25) is 10.0 Å². The molecule has 2 aromatic carbocycles. The van der Waals surface area contributed by atoms with Gasteiger partial charge in [-0.1, -0.05) is 26.0 Å². The number of hydrogen-bond acceptors (Lipinski definition) is 3. The second-order valence-corrected chi connectivity index (χ2v) is 5.57. The van der Waals surface area contributed by atoms with Gasteiger partial charge in [0.2, 0.25) is 5.91 Å². The van der Waals surface area contributed by atoms with Gasteiger partial charge in [0.15, 0.2) is 0 Å². The quantitative estimate of drug-likeness (QED) is 0.630. The second kappa shape index (κ2) is 7.93. The van der Waals surface area contributed by atoms with Gasteiger partial charge in [-0.05, 0) is 48.7 Å². The van der Waals surface area contributed by atoms with Crippen LogP contribution >= 0.6 is 0 Å². The third-order valence-electron chi connectivity index (χ3n) is 3.84. The minimum Gasteiger partial charge on any atom is -0.489 e. The zero-order valence-electron chi connectivity index (χ0n) is 14.2. The minimum absolute atomic E-state index is 0.0491. The predicted octanol–water partition coefficient (Wildman–Crippen LogP) is 4.41. The molecule has 1 amide bonds. The number of benzene rings is 2. The van der Waals surface area contributed by atoms with Gasteiger partial charge in [-0.2, -0.15) is 5.06 Å². The summed E-state index contributed by atoms with van der Waals surface area (Å²) in [5.41, 5.74) is 2.82. The summed E-state index contributed by atoms with van der Waals surface area (Å²) in [6.07, 6.45) is 1.08. The maximum Gasteiger partial charge on any atom is 0.250 e. The molecule has 5 heteroatoms. The Balaban J connectivity index is 2.23. The van der Waals surface area contributed by atoms with E-state index in [4.69, 9.17) is 4.74 Å². The lowest BCUT2D eigenvalue weighted by Crippen LogP contribution is -2.27. The van der Waals surface area contributed by atoms with Gasteiger partial charge < -0.3 is 4.74 Å². The third kappa shape index (κ3) is 4.11. The van der Waals surface area contributed by atoms with E-state index in [0.717, 1.165) is 12.0 Å². The Morgan fingerprint density at radius 3 is 2.58 bits per heavy atom. The topological polar surface area (TPSA) is 49.8 Å². The molecule has 4 nitrogen and oxygen atoms in total. The first-order valence-electron chi connectivity index (χ1n) is 7.98. The number of amides is 1. The van der Waals surface area contributed by atoms with Gasteiger partial charge in [-0.15, -0.1) is 0 Å². The van der Waals surface area contributed by atoms with Crippen LogP contribution in [0.2, 0.25) is 0 Å². The summed E-state index contributed by atoms with van der Waals surface area (Å²) < 4.78 is 19.3. The lowest BCUT2D eigenvalue weighted by molar-refractivity contribution is -0.123.